The Morgan fingerprint density at radius 3 is 2.43 bits per heavy atom. The molecule has 0 aliphatic carbocycles. The van der Waals surface area contributed by atoms with Crippen LogP contribution in [0.2, 0.25) is 0 Å². The first-order valence-corrected chi connectivity index (χ1v) is 8.22. The molecule has 0 atom stereocenters. The lowest BCUT2D eigenvalue weighted by Gasteiger charge is -2.11. The summed E-state index contributed by atoms with van der Waals surface area (Å²) in [6.45, 7) is 1.10. The highest BCUT2D eigenvalue weighted by Crippen LogP contribution is 2.25. The number of hydrogen-bond acceptors (Lipinski definition) is 7. The molecule has 0 aliphatic rings. The molecule has 146 valence electrons. The minimum atomic E-state index is -1.19. The molecule has 2 aromatic rings. The smallest absolute Gasteiger partial charge is 0.337 e. The van der Waals surface area contributed by atoms with Crippen molar-refractivity contribution in [3.63, 3.8) is 0 Å². The number of carbonyl (C=O) groups is 2. The average Bonchev–Trinajstić information content (AvgIpc) is 2.67. The predicted octanol–water partition coefficient (Wildman–Crippen LogP) is 3.27. The number of amides is 1. The standard InChI is InChI=1S/C19H19N3O6/c1-12(24)17(22-21-14-7-3-2-6-13(14)19(26)27)18(25)20-15-8-4-5-9-16(15)28-11-10-23/h2-9,23-24H,10-11H2,1H3,(H,20,25)(H,26,27). The van der Waals surface area contributed by atoms with Gasteiger partial charge in [-0.2, -0.15) is 0 Å². The highest BCUT2D eigenvalue weighted by molar-refractivity contribution is 6.04. The minimum Gasteiger partial charge on any atom is -0.510 e. The molecular weight excluding hydrogens is 366 g/mol. The molecule has 9 heteroatoms. The van der Waals surface area contributed by atoms with Crippen LogP contribution in [0.4, 0.5) is 11.4 Å². The molecule has 0 unspecified atom stereocenters. The third-order valence-electron chi connectivity index (χ3n) is 3.43. The third kappa shape index (κ3) is 5.39. The van der Waals surface area contributed by atoms with Crippen LogP contribution in [0.5, 0.6) is 5.75 Å². The number of benzene rings is 2. The summed E-state index contributed by atoms with van der Waals surface area (Å²) in [5, 5.41) is 37.9. The van der Waals surface area contributed by atoms with Gasteiger partial charge >= 0.3 is 5.97 Å². The lowest BCUT2D eigenvalue weighted by atomic mass is 10.2. The van der Waals surface area contributed by atoms with Crippen molar-refractivity contribution in [3.8, 4) is 5.75 Å². The van der Waals surface area contributed by atoms with E-state index in [0.717, 1.165) is 0 Å². The van der Waals surface area contributed by atoms with Gasteiger partial charge < -0.3 is 25.4 Å². The Morgan fingerprint density at radius 2 is 1.75 bits per heavy atom. The number of aliphatic hydroxyl groups is 2. The number of aromatic carboxylic acids is 1. The number of rotatable bonds is 8. The summed E-state index contributed by atoms with van der Waals surface area (Å²) in [5.41, 5.74) is -0.143. The number of carboxylic acids is 1. The van der Waals surface area contributed by atoms with Gasteiger partial charge in [0.05, 0.1) is 17.9 Å². The van der Waals surface area contributed by atoms with Crippen LogP contribution in [0.25, 0.3) is 0 Å². The van der Waals surface area contributed by atoms with E-state index < -0.39 is 23.3 Å². The lowest BCUT2D eigenvalue weighted by molar-refractivity contribution is -0.113. The highest BCUT2D eigenvalue weighted by Gasteiger charge is 2.16. The lowest BCUT2D eigenvalue weighted by Crippen LogP contribution is -2.16. The van der Waals surface area contributed by atoms with Crippen LogP contribution in [0.15, 0.2) is 70.2 Å². The Hall–Kier alpha value is -3.72. The molecule has 1 amide bonds. The van der Waals surface area contributed by atoms with Crippen molar-refractivity contribution in [2.45, 2.75) is 6.92 Å². The van der Waals surface area contributed by atoms with Crippen molar-refractivity contribution in [1.29, 1.82) is 0 Å². The monoisotopic (exact) mass is 385 g/mol. The fraction of sp³-hybridized carbons (Fsp3) is 0.158. The van der Waals surface area contributed by atoms with E-state index in [1.54, 1.807) is 30.3 Å². The normalized spacial score (nSPS) is 11.8. The van der Waals surface area contributed by atoms with Gasteiger partial charge in [-0.25, -0.2) is 4.79 Å². The average molecular weight is 385 g/mol. The van der Waals surface area contributed by atoms with E-state index in [0.29, 0.717) is 11.4 Å². The molecule has 0 aromatic heterocycles. The fourth-order valence-electron chi connectivity index (χ4n) is 2.16. The summed E-state index contributed by atoms with van der Waals surface area (Å²) < 4.78 is 5.34. The van der Waals surface area contributed by atoms with Gasteiger partial charge in [0.1, 0.15) is 23.8 Å². The molecule has 28 heavy (non-hydrogen) atoms. The number of carbonyl (C=O) groups excluding carboxylic acids is 1. The molecule has 0 spiro atoms. The van der Waals surface area contributed by atoms with Crippen LogP contribution in [0.1, 0.15) is 17.3 Å². The van der Waals surface area contributed by atoms with Crippen LogP contribution in [-0.4, -0.2) is 40.4 Å². The van der Waals surface area contributed by atoms with Gasteiger partial charge in [-0.15, -0.1) is 10.2 Å². The van der Waals surface area contributed by atoms with Gasteiger partial charge in [0.25, 0.3) is 5.91 Å². The number of azo groups is 1. The molecule has 2 rings (SSSR count). The minimum absolute atomic E-state index is 0.0354. The van der Waals surface area contributed by atoms with Crippen LogP contribution < -0.4 is 10.1 Å². The second kappa shape index (κ2) is 9.83. The molecular formula is C19H19N3O6. The first-order chi connectivity index (χ1) is 13.4. The van der Waals surface area contributed by atoms with Crippen LogP contribution in [0.3, 0.4) is 0 Å². The number of aliphatic hydroxyl groups excluding tert-OH is 2. The van der Waals surface area contributed by atoms with Gasteiger partial charge in [-0.05, 0) is 31.2 Å². The van der Waals surface area contributed by atoms with Gasteiger partial charge in [0, 0.05) is 0 Å². The summed E-state index contributed by atoms with van der Waals surface area (Å²) in [6.07, 6.45) is 0. The van der Waals surface area contributed by atoms with Gasteiger partial charge in [-0.3, -0.25) is 4.79 Å². The SMILES string of the molecule is CC(O)=C(N=Nc1ccccc1C(=O)O)C(=O)Nc1ccccc1OCCO. The second-order valence-corrected chi connectivity index (χ2v) is 5.48. The maximum absolute atomic E-state index is 12.5. The first kappa shape index (κ1) is 20.6. The van der Waals surface area contributed by atoms with Gasteiger partial charge in [0.2, 0.25) is 0 Å². The number of ether oxygens (including phenoxy) is 1. The fourth-order valence-corrected chi connectivity index (χ4v) is 2.16. The first-order valence-electron chi connectivity index (χ1n) is 8.22. The van der Waals surface area contributed by atoms with E-state index in [4.69, 9.17) is 9.84 Å². The zero-order chi connectivity index (χ0) is 20.5. The van der Waals surface area contributed by atoms with E-state index in [1.807, 2.05) is 0 Å². The second-order valence-electron chi connectivity index (χ2n) is 5.48. The Kier molecular flexibility index (Phi) is 7.23. The number of allylic oxidation sites excluding steroid dienone is 1. The number of anilines is 1. The van der Waals surface area contributed by atoms with E-state index in [-0.39, 0.29) is 24.5 Å². The van der Waals surface area contributed by atoms with E-state index in [2.05, 4.69) is 15.5 Å². The topological polar surface area (TPSA) is 141 Å². The summed E-state index contributed by atoms with van der Waals surface area (Å²) in [7, 11) is 0. The van der Waals surface area contributed by atoms with E-state index in [9.17, 15) is 19.8 Å². The molecule has 0 heterocycles. The number of hydrogen-bond donors (Lipinski definition) is 4. The Labute approximate surface area is 160 Å². The summed E-state index contributed by atoms with van der Waals surface area (Å²) in [4.78, 5) is 23.7. The Morgan fingerprint density at radius 1 is 1.07 bits per heavy atom. The van der Waals surface area contributed by atoms with Gasteiger partial charge in [0.15, 0.2) is 5.70 Å². The largest absolute Gasteiger partial charge is 0.510 e. The van der Waals surface area contributed by atoms with Crippen molar-refractivity contribution in [2.24, 2.45) is 10.2 Å². The Bertz CT molecular complexity index is 919. The van der Waals surface area contributed by atoms with Crippen LogP contribution in [0, 0.1) is 0 Å². The number of carboxylic acid groups (broad SMARTS) is 1. The van der Waals surface area contributed by atoms with Crippen molar-refractivity contribution < 1.29 is 29.6 Å². The van der Waals surface area contributed by atoms with Crippen molar-refractivity contribution >= 4 is 23.3 Å². The van der Waals surface area contributed by atoms with E-state index >= 15 is 0 Å². The molecule has 0 aliphatic heterocycles. The number of nitrogens with zero attached hydrogens (tertiary/aromatic N) is 2. The molecule has 0 bridgehead atoms. The predicted molar refractivity (Wildman–Crippen MR) is 101 cm³/mol. The van der Waals surface area contributed by atoms with Crippen molar-refractivity contribution in [3.05, 3.63) is 65.6 Å². The molecule has 2 aromatic carbocycles. The quantitative estimate of drug-likeness (QED) is 0.312. The van der Waals surface area contributed by atoms with E-state index in [1.165, 1.54) is 25.1 Å². The zero-order valence-corrected chi connectivity index (χ0v) is 15.0. The molecule has 0 fully saturated rings. The highest BCUT2D eigenvalue weighted by atomic mass is 16.5. The van der Waals surface area contributed by atoms with Crippen LogP contribution >= 0.6 is 0 Å². The third-order valence-corrected chi connectivity index (χ3v) is 3.43. The zero-order valence-electron chi connectivity index (χ0n) is 15.0. The van der Waals surface area contributed by atoms with Crippen LogP contribution in [-0.2, 0) is 4.79 Å². The maximum Gasteiger partial charge on any atom is 0.337 e. The number of para-hydroxylation sites is 2. The summed E-state index contributed by atoms with van der Waals surface area (Å²) in [5.74, 6) is -2.03. The molecule has 9 nitrogen and oxygen atoms in total. The number of nitrogens with one attached hydrogen (secondary N) is 1. The molecule has 4 N–H and O–H groups in total. The molecule has 0 saturated heterocycles. The Balaban J connectivity index is 2.26. The maximum atomic E-state index is 12.5. The molecule has 0 saturated carbocycles. The van der Waals surface area contributed by atoms with Gasteiger partial charge in [-0.1, -0.05) is 24.3 Å². The summed E-state index contributed by atoms with van der Waals surface area (Å²) >= 11 is 0. The van der Waals surface area contributed by atoms with Crippen molar-refractivity contribution in [1.82, 2.24) is 0 Å². The summed E-state index contributed by atoms with van der Waals surface area (Å²) in [6, 6.07) is 12.4. The van der Waals surface area contributed by atoms with Crippen molar-refractivity contribution in [2.75, 3.05) is 18.5 Å². The molecule has 0 radical (unpaired) electrons.